The maximum atomic E-state index is 12.7. The van der Waals surface area contributed by atoms with E-state index in [4.69, 9.17) is 14.2 Å². The van der Waals surface area contributed by atoms with Crippen LogP contribution in [0.3, 0.4) is 0 Å². The number of hydrogen-bond donors (Lipinski definition) is 0. The Morgan fingerprint density at radius 2 is 1.79 bits per heavy atom. The highest BCUT2D eigenvalue weighted by Gasteiger charge is 2.39. The van der Waals surface area contributed by atoms with E-state index in [-0.39, 0.29) is 18.9 Å². The highest BCUT2D eigenvalue weighted by atomic mass is 19.4. The molecule has 0 radical (unpaired) electrons. The van der Waals surface area contributed by atoms with E-state index < -0.39 is 30.1 Å². The van der Waals surface area contributed by atoms with Crippen LogP contribution in [0.4, 0.5) is 18.0 Å². The molecule has 0 N–H and O–H groups in total. The number of rotatable bonds is 5. The lowest BCUT2D eigenvalue weighted by Crippen LogP contribution is -2.46. The van der Waals surface area contributed by atoms with Gasteiger partial charge < -0.3 is 18.9 Å². The first-order valence-electron chi connectivity index (χ1n) is 10.5. The molecule has 2 aromatic carbocycles. The van der Waals surface area contributed by atoms with Crippen LogP contribution in [0, 0.1) is 0 Å². The van der Waals surface area contributed by atoms with Crippen molar-refractivity contribution in [1.29, 1.82) is 0 Å². The smallest absolute Gasteiger partial charge is 0.489 e. The van der Waals surface area contributed by atoms with E-state index in [1.54, 1.807) is 45.0 Å². The predicted molar refractivity (Wildman–Crippen MR) is 115 cm³/mol. The number of hydrogen-bond acceptors (Lipinski definition) is 6. The maximum Gasteiger partial charge on any atom is 0.573 e. The van der Waals surface area contributed by atoms with Crippen LogP contribution in [0.2, 0.25) is 0 Å². The zero-order chi connectivity index (χ0) is 25.1. The highest BCUT2D eigenvalue weighted by molar-refractivity contribution is 5.84. The van der Waals surface area contributed by atoms with Gasteiger partial charge >= 0.3 is 18.4 Å². The normalized spacial score (nSPS) is 15.9. The fraction of sp³-hybridized carbons (Fsp3) is 0.417. The summed E-state index contributed by atoms with van der Waals surface area (Å²) < 4.78 is 57.4. The van der Waals surface area contributed by atoms with Gasteiger partial charge in [0.2, 0.25) is 0 Å². The maximum absolute atomic E-state index is 12.7. The van der Waals surface area contributed by atoms with Crippen molar-refractivity contribution in [2.24, 2.45) is 0 Å². The molecule has 0 bridgehead atoms. The summed E-state index contributed by atoms with van der Waals surface area (Å²) in [5.41, 5.74) is 1.15. The number of halogens is 3. The zero-order valence-corrected chi connectivity index (χ0v) is 19.3. The summed E-state index contributed by atoms with van der Waals surface area (Å²) in [6, 6.07) is 9.60. The number of esters is 1. The van der Waals surface area contributed by atoms with E-state index >= 15 is 0 Å². The summed E-state index contributed by atoms with van der Waals surface area (Å²) in [7, 11) is 1.25. The largest absolute Gasteiger partial charge is 0.573 e. The molecule has 0 fully saturated rings. The SMILES string of the molecule is COC(=O)[C@H]1c2ccc(OCc3cccc(OC(F)(F)F)c3)cc2CCN1C(=O)OC(C)(C)C. The lowest BCUT2D eigenvalue weighted by atomic mass is 9.92. The molecule has 34 heavy (non-hydrogen) atoms. The van der Waals surface area contributed by atoms with Crippen LogP contribution in [0.1, 0.15) is 43.5 Å². The van der Waals surface area contributed by atoms with Crippen molar-refractivity contribution in [1.82, 2.24) is 4.90 Å². The van der Waals surface area contributed by atoms with E-state index in [9.17, 15) is 22.8 Å². The Bertz CT molecular complexity index is 1050. The van der Waals surface area contributed by atoms with Gasteiger partial charge in [0.25, 0.3) is 0 Å². The third-order valence-corrected chi connectivity index (χ3v) is 4.93. The second kappa shape index (κ2) is 9.82. The van der Waals surface area contributed by atoms with Crippen molar-refractivity contribution in [3.63, 3.8) is 0 Å². The van der Waals surface area contributed by atoms with Crippen LogP contribution < -0.4 is 9.47 Å². The van der Waals surface area contributed by atoms with Crippen molar-refractivity contribution in [2.75, 3.05) is 13.7 Å². The molecule has 7 nitrogen and oxygen atoms in total. The number of alkyl halides is 3. The molecular formula is C24H26F3NO6. The third kappa shape index (κ3) is 6.55. The van der Waals surface area contributed by atoms with Gasteiger partial charge in [0, 0.05) is 6.54 Å². The van der Waals surface area contributed by atoms with Gasteiger partial charge in [0.05, 0.1) is 7.11 Å². The molecule has 2 aromatic rings. The molecule has 1 amide bonds. The summed E-state index contributed by atoms with van der Waals surface area (Å²) in [4.78, 5) is 26.6. The molecule has 1 heterocycles. The molecule has 1 atom stereocenters. The molecule has 0 aliphatic carbocycles. The predicted octanol–water partition coefficient (Wildman–Crippen LogP) is 5.17. The standard InChI is InChI=1S/C24H26F3NO6/c1-23(2,3)34-22(30)28-11-10-16-13-17(8-9-19(16)20(28)21(29)31-4)32-14-15-6-5-7-18(12-15)33-24(25,26)27/h5-9,12-13,20H,10-11,14H2,1-4H3/t20-/m1/s1. The van der Waals surface area contributed by atoms with Crippen LogP contribution in [0.5, 0.6) is 11.5 Å². The van der Waals surface area contributed by atoms with E-state index in [0.29, 0.717) is 23.3 Å². The van der Waals surface area contributed by atoms with Gasteiger partial charge in [-0.2, -0.15) is 0 Å². The van der Waals surface area contributed by atoms with Crippen LogP contribution in [0.25, 0.3) is 0 Å². The number of benzene rings is 2. The van der Waals surface area contributed by atoms with Gasteiger partial charge in [-0.25, -0.2) is 9.59 Å². The molecular weight excluding hydrogens is 455 g/mol. The van der Waals surface area contributed by atoms with Gasteiger partial charge in [0.15, 0.2) is 6.04 Å². The summed E-state index contributed by atoms with van der Waals surface area (Å²) >= 11 is 0. The average molecular weight is 481 g/mol. The van der Waals surface area contributed by atoms with Gasteiger partial charge in [-0.05, 0) is 68.1 Å². The molecule has 0 spiro atoms. The molecule has 10 heteroatoms. The summed E-state index contributed by atoms with van der Waals surface area (Å²) in [5.74, 6) is -0.459. The minimum Gasteiger partial charge on any atom is -0.489 e. The van der Waals surface area contributed by atoms with E-state index in [1.165, 1.54) is 30.2 Å². The Labute approximate surface area is 195 Å². The van der Waals surface area contributed by atoms with Gasteiger partial charge in [-0.3, -0.25) is 4.90 Å². The van der Waals surface area contributed by atoms with E-state index in [2.05, 4.69) is 4.74 Å². The third-order valence-electron chi connectivity index (χ3n) is 4.93. The molecule has 184 valence electrons. The fourth-order valence-corrected chi connectivity index (χ4v) is 3.58. The molecule has 0 saturated carbocycles. The topological polar surface area (TPSA) is 74.3 Å². The van der Waals surface area contributed by atoms with Crippen molar-refractivity contribution < 1.29 is 41.7 Å². The number of carbonyl (C=O) groups is 2. The molecule has 0 saturated heterocycles. The molecule has 0 unspecified atom stereocenters. The summed E-state index contributed by atoms with van der Waals surface area (Å²) in [6.45, 7) is 5.47. The lowest BCUT2D eigenvalue weighted by Gasteiger charge is -2.36. The van der Waals surface area contributed by atoms with Crippen molar-refractivity contribution in [3.8, 4) is 11.5 Å². The lowest BCUT2D eigenvalue weighted by molar-refractivity contribution is -0.274. The van der Waals surface area contributed by atoms with Crippen molar-refractivity contribution in [3.05, 3.63) is 59.2 Å². The number of fused-ring (bicyclic) bond motifs is 1. The van der Waals surface area contributed by atoms with Crippen LogP contribution >= 0.6 is 0 Å². The quantitative estimate of drug-likeness (QED) is 0.549. The first kappa shape index (κ1) is 25.2. The van der Waals surface area contributed by atoms with Crippen LogP contribution in [-0.2, 0) is 27.3 Å². The Balaban J connectivity index is 1.76. The number of amides is 1. The highest BCUT2D eigenvalue weighted by Crippen LogP contribution is 2.34. The second-order valence-corrected chi connectivity index (χ2v) is 8.69. The van der Waals surface area contributed by atoms with E-state index in [0.717, 1.165) is 5.56 Å². The number of methoxy groups -OCH3 is 1. The second-order valence-electron chi connectivity index (χ2n) is 8.69. The summed E-state index contributed by atoms with van der Waals surface area (Å²) in [5, 5.41) is 0. The first-order valence-corrected chi connectivity index (χ1v) is 10.5. The Morgan fingerprint density at radius 3 is 2.44 bits per heavy atom. The molecule has 1 aliphatic heterocycles. The average Bonchev–Trinajstić information content (AvgIpc) is 2.74. The minimum absolute atomic E-state index is 0.0122. The Kier molecular flexibility index (Phi) is 7.28. The molecule has 1 aliphatic rings. The Hall–Kier alpha value is -3.43. The van der Waals surface area contributed by atoms with Crippen LogP contribution in [-0.4, -0.2) is 42.6 Å². The number of ether oxygens (including phenoxy) is 4. The molecule has 3 rings (SSSR count). The van der Waals surface area contributed by atoms with E-state index in [1.807, 2.05) is 0 Å². The first-order chi connectivity index (χ1) is 15.9. The Morgan fingerprint density at radius 1 is 1.06 bits per heavy atom. The van der Waals surface area contributed by atoms with Crippen molar-refractivity contribution >= 4 is 12.1 Å². The van der Waals surface area contributed by atoms with Crippen LogP contribution in [0.15, 0.2) is 42.5 Å². The number of nitrogens with zero attached hydrogens (tertiary/aromatic N) is 1. The van der Waals surface area contributed by atoms with Gasteiger partial charge in [-0.15, -0.1) is 13.2 Å². The monoisotopic (exact) mass is 481 g/mol. The van der Waals surface area contributed by atoms with Gasteiger partial charge in [-0.1, -0.05) is 18.2 Å². The van der Waals surface area contributed by atoms with Crippen molar-refractivity contribution in [2.45, 2.75) is 51.8 Å². The fourth-order valence-electron chi connectivity index (χ4n) is 3.58. The number of carbonyl (C=O) groups excluding carboxylic acids is 2. The minimum atomic E-state index is -4.78. The van der Waals surface area contributed by atoms with Gasteiger partial charge in [0.1, 0.15) is 23.7 Å². The molecule has 0 aromatic heterocycles. The zero-order valence-electron chi connectivity index (χ0n) is 19.3. The summed E-state index contributed by atoms with van der Waals surface area (Å²) in [6.07, 6.45) is -4.94.